The largest absolute Gasteiger partial charge is 0.506 e. The number of amides is 5. The van der Waals surface area contributed by atoms with E-state index in [0.717, 1.165) is 16.8 Å². The van der Waals surface area contributed by atoms with E-state index in [9.17, 15) is 24.3 Å². The Hall–Kier alpha value is -5.35. The molecule has 0 radical (unpaired) electrons. The second-order valence-corrected chi connectivity index (χ2v) is 15.4. The molecule has 5 N–H and O–H groups in total. The number of methoxy groups -OCH3 is 1. The van der Waals surface area contributed by atoms with Gasteiger partial charge in [-0.2, -0.15) is 0 Å². The maximum atomic E-state index is 14.2. The van der Waals surface area contributed by atoms with Crippen LogP contribution in [0.15, 0.2) is 100 Å². The van der Waals surface area contributed by atoms with Crippen LogP contribution in [-0.2, 0) is 33.8 Å². The lowest BCUT2D eigenvalue weighted by Crippen LogP contribution is -2.58. The summed E-state index contributed by atoms with van der Waals surface area (Å²) in [5.41, 5.74) is 3.46. The average Bonchev–Trinajstić information content (AvgIpc) is 3.24. The molecule has 0 saturated carbocycles. The van der Waals surface area contributed by atoms with Crippen molar-refractivity contribution in [3.8, 4) is 11.5 Å². The van der Waals surface area contributed by atoms with E-state index < -0.39 is 30.1 Å². The molecule has 1 aromatic heterocycles. The Morgan fingerprint density at radius 3 is 2.21 bits per heavy atom. The van der Waals surface area contributed by atoms with Crippen molar-refractivity contribution in [2.75, 3.05) is 51.3 Å². The monoisotopic (exact) mass is 921 g/mol. The van der Waals surface area contributed by atoms with Crippen LogP contribution in [0.1, 0.15) is 36.0 Å². The Bertz CT molecular complexity index is 1950. The topological polar surface area (TPSA) is 174 Å². The number of ether oxygens (including phenoxy) is 2. The highest BCUT2D eigenvalue weighted by molar-refractivity contribution is 9.11. The Labute approximate surface area is 355 Å². The number of anilines is 1. The second-order valence-electron chi connectivity index (χ2n) is 13.7. The molecule has 0 bridgehead atoms. The maximum Gasteiger partial charge on any atom is 0.407 e. The number of unbranched alkanes of at least 4 members (excludes halogenated alkanes) is 1. The first kappa shape index (κ1) is 43.8. The van der Waals surface area contributed by atoms with E-state index in [1.54, 1.807) is 36.5 Å². The van der Waals surface area contributed by atoms with Crippen LogP contribution in [0.4, 0.5) is 15.3 Å². The predicted molar refractivity (Wildman–Crippen MR) is 228 cm³/mol. The molecule has 4 aromatic rings. The molecule has 0 unspecified atom stereocenters. The van der Waals surface area contributed by atoms with Gasteiger partial charge in [-0.1, -0.05) is 48.5 Å². The van der Waals surface area contributed by atoms with Crippen LogP contribution in [0.3, 0.4) is 0 Å². The number of benzene rings is 3. The maximum absolute atomic E-state index is 14.2. The number of alkyl carbamates (subject to hydrolysis) is 1. The molecule has 1 saturated heterocycles. The van der Waals surface area contributed by atoms with Crippen LogP contribution >= 0.6 is 31.9 Å². The van der Waals surface area contributed by atoms with Gasteiger partial charge in [-0.15, -0.1) is 0 Å². The van der Waals surface area contributed by atoms with Crippen molar-refractivity contribution in [2.45, 2.75) is 50.8 Å². The van der Waals surface area contributed by atoms with Gasteiger partial charge in [0.2, 0.25) is 11.8 Å². The summed E-state index contributed by atoms with van der Waals surface area (Å²) in [6.45, 7) is 2.86. The minimum absolute atomic E-state index is 0.000398. The van der Waals surface area contributed by atoms with Crippen molar-refractivity contribution in [3.63, 3.8) is 0 Å². The van der Waals surface area contributed by atoms with Gasteiger partial charge < -0.3 is 45.6 Å². The van der Waals surface area contributed by atoms with Gasteiger partial charge in [0, 0.05) is 63.8 Å². The molecule has 58 heavy (non-hydrogen) atoms. The number of hydrogen-bond donors (Lipinski definition) is 5. The fourth-order valence-electron chi connectivity index (χ4n) is 6.54. The summed E-state index contributed by atoms with van der Waals surface area (Å²) in [5, 5.41) is 21.7. The zero-order chi connectivity index (χ0) is 41.3. The first-order valence-corrected chi connectivity index (χ1v) is 20.7. The third-order valence-corrected chi connectivity index (χ3v) is 10.9. The number of aromatic nitrogens is 1. The Kier molecular flexibility index (Phi) is 17.0. The molecule has 3 aromatic carbocycles. The minimum atomic E-state index is -1.09. The summed E-state index contributed by atoms with van der Waals surface area (Å²) in [6.07, 6.45) is 4.81. The summed E-state index contributed by atoms with van der Waals surface area (Å²) in [5.74, 6) is -0.0659. The van der Waals surface area contributed by atoms with Crippen molar-refractivity contribution in [3.05, 3.63) is 117 Å². The molecule has 2 heterocycles. The lowest BCUT2D eigenvalue weighted by molar-refractivity contribution is -0.137. The summed E-state index contributed by atoms with van der Waals surface area (Å²) >= 11 is 6.71. The van der Waals surface area contributed by atoms with Crippen molar-refractivity contribution in [2.24, 2.45) is 0 Å². The van der Waals surface area contributed by atoms with E-state index in [0.29, 0.717) is 78.7 Å². The number of aromatic hydroxyl groups is 1. The second kappa shape index (κ2) is 22.6. The summed E-state index contributed by atoms with van der Waals surface area (Å²) in [6, 6.07) is 21.5. The quantitative estimate of drug-likeness (QED) is 0.0785. The number of halogens is 2. The molecule has 0 spiro atoms. The number of phenolic OH excluding ortho intramolecular Hbond substituents is 1. The van der Waals surface area contributed by atoms with Crippen molar-refractivity contribution < 1.29 is 33.8 Å². The van der Waals surface area contributed by atoms with Crippen molar-refractivity contribution in [1.29, 1.82) is 0 Å². The molecule has 308 valence electrons. The van der Waals surface area contributed by atoms with Gasteiger partial charge in [0.05, 0.1) is 16.1 Å². The molecule has 5 rings (SSSR count). The Morgan fingerprint density at radius 1 is 0.810 bits per heavy atom. The van der Waals surface area contributed by atoms with E-state index in [2.05, 4.69) is 63.0 Å². The minimum Gasteiger partial charge on any atom is -0.506 e. The Morgan fingerprint density at radius 2 is 1.50 bits per heavy atom. The molecule has 1 aliphatic heterocycles. The fourth-order valence-corrected chi connectivity index (χ4v) is 7.82. The number of pyridine rings is 1. The molecule has 0 aliphatic carbocycles. The van der Waals surface area contributed by atoms with Crippen LogP contribution in [0.2, 0.25) is 0 Å². The number of nitrogens with zero attached hydrogens (tertiary/aromatic N) is 3. The highest BCUT2D eigenvalue weighted by atomic mass is 79.9. The lowest BCUT2D eigenvalue weighted by Gasteiger charge is -2.37. The molecule has 2 atom stereocenters. The van der Waals surface area contributed by atoms with Crippen molar-refractivity contribution >= 4 is 61.5 Å². The zero-order valence-electron chi connectivity index (χ0n) is 32.3. The number of carbonyl (C=O) groups excluding carboxylic acids is 4. The van der Waals surface area contributed by atoms with E-state index >= 15 is 0 Å². The number of nitrogens with one attached hydrogen (secondary N) is 4. The number of para-hydroxylation sites is 1. The third kappa shape index (κ3) is 13.4. The molecule has 1 aliphatic rings. The fraction of sp³-hybridized carbons (Fsp3) is 0.357. The molecular weight excluding hydrogens is 874 g/mol. The van der Waals surface area contributed by atoms with Crippen LogP contribution < -0.4 is 30.9 Å². The van der Waals surface area contributed by atoms with E-state index in [1.807, 2.05) is 66.7 Å². The molecule has 14 nitrogen and oxygen atoms in total. The number of phenols is 1. The molecule has 1 fully saturated rings. The first-order chi connectivity index (χ1) is 28.1. The van der Waals surface area contributed by atoms with Crippen LogP contribution in [0.5, 0.6) is 11.5 Å². The van der Waals surface area contributed by atoms with Gasteiger partial charge in [-0.25, -0.2) is 9.59 Å². The normalized spacial score (nSPS) is 13.5. The van der Waals surface area contributed by atoms with Gasteiger partial charge >= 0.3 is 12.1 Å². The van der Waals surface area contributed by atoms with Crippen LogP contribution in [0, 0.1) is 0 Å². The van der Waals surface area contributed by atoms with Crippen LogP contribution in [0.25, 0.3) is 0 Å². The molecular formula is C42H49Br2N7O7. The summed E-state index contributed by atoms with van der Waals surface area (Å²) < 4.78 is 11.6. The standard InChI is InChI=1S/C42H49Br2N7O7/c1-57-37-13-6-5-11-31(37)14-20-46-41(55)49-36(27-30-25-33(43)38(52)34(44)26-30)39(53)48-35(12-7-8-17-47-42(56)58-28-29-9-3-2-4-10-29)40(54)51-23-21-50(22-24-51)32-15-18-45-19-16-32/h2-6,9-11,13,15-16,18-19,25-26,35-36,52H,7-8,12,14,17,20-24,27-28H2,1H3,(H,47,56)(H,48,53)(H2,46,49,55)/t35-,36-/m0/s1. The van der Waals surface area contributed by atoms with Gasteiger partial charge in [0.15, 0.2) is 0 Å². The number of rotatable bonds is 18. The van der Waals surface area contributed by atoms with Gasteiger partial charge in [-0.05, 0) is 105 Å². The van der Waals surface area contributed by atoms with Crippen LogP contribution in [-0.4, -0.2) is 97.4 Å². The van der Waals surface area contributed by atoms with E-state index in [1.165, 1.54) is 0 Å². The predicted octanol–water partition coefficient (Wildman–Crippen LogP) is 5.70. The highest BCUT2D eigenvalue weighted by Gasteiger charge is 2.31. The SMILES string of the molecule is COc1ccccc1CCNC(=O)N[C@@H](Cc1cc(Br)c(O)c(Br)c1)C(=O)N[C@@H](CCCCNC(=O)OCc1ccccc1)C(=O)N1CCN(c2ccncc2)CC1. The number of carbonyl (C=O) groups is 4. The first-order valence-electron chi connectivity index (χ1n) is 19.1. The number of piperazine rings is 1. The van der Waals surface area contributed by atoms with Gasteiger partial charge in [0.25, 0.3) is 0 Å². The van der Waals surface area contributed by atoms with Gasteiger partial charge in [-0.3, -0.25) is 14.6 Å². The number of hydrogen-bond acceptors (Lipinski definition) is 9. The third-order valence-electron chi connectivity index (χ3n) is 9.65. The zero-order valence-corrected chi connectivity index (χ0v) is 35.5. The summed E-state index contributed by atoms with van der Waals surface area (Å²) in [4.78, 5) is 62.0. The average molecular weight is 924 g/mol. The van der Waals surface area contributed by atoms with Crippen molar-refractivity contribution in [1.82, 2.24) is 31.2 Å². The molecule has 5 amide bonds. The smallest absolute Gasteiger partial charge is 0.407 e. The highest BCUT2D eigenvalue weighted by Crippen LogP contribution is 2.33. The van der Waals surface area contributed by atoms with Gasteiger partial charge in [0.1, 0.15) is 30.2 Å². The Balaban J connectivity index is 1.25. The summed E-state index contributed by atoms with van der Waals surface area (Å²) in [7, 11) is 1.59. The lowest BCUT2D eigenvalue weighted by atomic mass is 10.0. The van der Waals surface area contributed by atoms with E-state index in [-0.39, 0.29) is 31.2 Å². The number of urea groups is 1. The van der Waals surface area contributed by atoms with E-state index in [4.69, 9.17) is 9.47 Å². The molecule has 16 heteroatoms.